The first kappa shape index (κ1) is 62.1. The Kier molecular flexibility index (Phi) is 50.5. The number of allylic oxidation sites excluding steroid dienone is 6. The summed E-state index contributed by atoms with van der Waals surface area (Å²) in [6.07, 6.45) is 62.1. The number of carbonyl (C=O) groups is 2. The van der Waals surface area contributed by atoms with E-state index in [4.69, 9.17) is 4.74 Å². The van der Waals surface area contributed by atoms with Crippen LogP contribution in [0.1, 0.15) is 297 Å². The van der Waals surface area contributed by atoms with E-state index < -0.39 is 18.2 Å². The number of amides is 1. The number of hydrogen-bond donors (Lipinski definition) is 3. The van der Waals surface area contributed by atoms with Crippen molar-refractivity contribution in [2.75, 3.05) is 6.61 Å². The van der Waals surface area contributed by atoms with Gasteiger partial charge >= 0.3 is 5.97 Å². The fourth-order valence-corrected chi connectivity index (χ4v) is 8.79. The Balaban J connectivity index is 4.53. The molecule has 0 aliphatic heterocycles. The van der Waals surface area contributed by atoms with Gasteiger partial charge in [-0.25, -0.2) is 0 Å². The van der Waals surface area contributed by atoms with Crippen molar-refractivity contribution in [1.29, 1.82) is 0 Å². The highest BCUT2D eigenvalue weighted by molar-refractivity contribution is 5.77. The van der Waals surface area contributed by atoms with E-state index in [1.165, 1.54) is 180 Å². The third-order valence-corrected chi connectivity index (χ3v) is 13.0. The van der Waals surface area contributed by atoms with E-state index >= 15 is 0 Å². The number of aliphatic hydroxyl groups excluding tert-OH is 2. The molecular formula is C58H109NO5. The van der Waals surface area contributed by atoms with Crippen LogP contribution in [0.4, 0.5) is 0 Å². The molecule has 0 aliphatic carbocycles. The fraction of sp³-hybridized carbons (Fsp3) is 0.862. The number of ether oxygens (including phenoxy) is 1. The Labute approximate surface area is 398 Å². The molecule has 0 saturated carbocycles. The predicted molar refractivity (Wildman–Crippen MR) is 278 cm³/mol. The summed E-state index contributed by atoms with van der Waals surface area (Å²) in [5.41, 5.74) is 0. The predicted octanol–water partition coefficient (Wildman–Crippen LogP) is 17.2. The highest BCUT2D eigenvalue weighted by Gasteiger charge is 2.24. The van der Waals surface area contributed by atoms with Crippen LogP contribution >= 0.6 is 0 Å². The monoisotopic (exact) mass is 900 g/mol. The summed E-state index contributed by atoms with van der Waals surface area (Å²) in [6, 6.07) is -0.703. The van der Waals surface area contributed by atoms with Crippen molar-refractivity contribution in [1.82, 2.24) is 5.32 Å². The van der Waals surface area contributed by atoms with Gasteiger partial charge in [-0.05, 0) is 44.9 Å². The van der Waals surface area contributed by atoms with Gasteiger partial charge in [-0.3, -0.25) is 9.59 Å². The Bertz CT molecular complexity index is 1060. The zero-order chi connectivity index (χ0) is 46.7. The number of nitrogens with one attached hydrogen (secondary N) is 1. The van der Waals surface area contributed by atoms with E-state index in [1.807, 2.05) is 0 Å². The molecule has 0 rings (SSSR count). The number of unbranched alkanes of at least 4 members (excludes halogenated alkanes) is 35. The Hall–Kier alpha value is -1.92. The first-order valence-corrected chi connectivity index (χ1v) is 28.2. The van der Waals surface area contributed by atoms with Crippen LogP contribution in [0, 0.1) is 0 Å². The maximum Gasteiger partial charge on any atom is 0.306 e. The maximum atomic E-state index is 13.3. The molecule has 3 N–H and O–H groups in total. The molecule has 376 valence electrons. The van der Waals surface area contributed by atoms with Gasteiger partial charge in [0.2, 0.25) is 5.91 Å². The number of rotatable bonds is 51. The summed E-state index contributed by atoms with van der Waals surface area (Å²) >= 11 is 0. The normalized spacial score (nSPS) is 13.4. The minimum absolute atomic E-state index is 0.0738. The molecule has 0 saturated heterocycles. The van der Waals surface area contributed by atoms with E-state index in [1.54, 1.807) is 0 Å². The molecule has 0 fully saturated rings. The van der Waals surface area contributed by atoms with Crippen molar-refractivity contribution in [3.05, 3.63) is 36.5 Å². The first-order valence-electron chi connectivity index (χ1n) is 28.2. The van der Waals surface area contributed by atoms with Crippen molar-refractivity contribution in [3.63, 3.8) is 0 Å². The van der Waals surface area contributed by atoms with Crippen LogP contribution in [-0.2, 0) is 14.3 Å². The molecule has 0 aromatic heterocycles. The number of aliphatic hydroxyl groups is 2. The Morgan fingerprint density at radius 3 is 1.27 bits per heavy atom. The molecule has 3 atom stereocenters. The second-order valence-corrected chi connectivity index (χ2v) is 19.4. The summed E-state index contributed by atoms with van der Waals surface area (Å²) in [6.45, 7) is 6.38. The molecule has 6 nitrogen and oxygen atoms in total. The molecule has 64 heavy (non-hydrogen) atoms. The lowest BCUT2D eigenvalue weighted by molar-refractivity contribution is -0.151. The van der Waals surface area contributed by atoms with Gasteiger partial charge in [0.15, 0.2) is 0 Å². The van der Waals surface area contributed by atoms with E-state index in [0.717, 1.165) is 70.6 Å². The van der Waals surface area contributed by atoms with Gasteiger partial charge in [0.1, 0.15) is 6.10 Å². The summed E-state index contributed by atoms with van der Waals surface area (Å²) in [5.74, 6) is -0.482. The van der Waals surface area contributed by atoms with Gasteiger partial charge in [0.05, 0.1) is 25.2 Å². The molecule has 0 aliphatic rings. The summed E-state index contributed by atoms with van der Waals surface area (Å²) in [7, 11) is 0. The standard InChI is InChI=1S/C58H109NO5/c1-4-7-10-13-16-19-22-25-27-29-32-34-37-40-43-46-49-54(64-58(63)51-48-45-42-39-36-31-24-21-18-15-12-9-6-3)52-57(62)59-55(53-60)56(61)50-47-44-41-38-35-33-30-28-26-23-20-17-14-11-8-5-2/h9,12,15,18,21,24,54-56,60-61H,4-8,10-11,13-14,16-17,19-20,22-23,25-53H2,1-3H3,(H,59,62)/b12-9+,18-15+,24-21-. The topological polar surface area (TPSA) is 95.9 Å². The summed E-state index contributed by atoms with van der Waals surface area (Å²) < 4.78 is 5.95. The lowest BCUT2D eigenvalue weighted by Gasteiger charge is -2.24. The molecular weight excluding hydrogens is 791 g/mol. The zero-order valence-corrected chi connectivity index (χ0v) is 42.9. The van der Waals surface area contributed by atoms with Crippen molar-refractivity contribution in [2.24, 2.45) is 0 Å². The van der Waals surface area contributed by atoms with E-state index in [0.29, 0.717) is 19.3 Å². The van der Waals surface area contributed by atoms with E-state index in [-0.39, 0.29) is 24.9 Å². The molecule has 0 heterocycles. The molecule has 0 bridgehead atoms. The number of hydrogen-bond acceptors (Lipinski definition) is 5. The third kappa shape index (κ3) is 46.6. The van der Waals surface area contributed by atoms with Crippen LogP contribution < -0.4 is 5.32 Å². The molecule has 6 heteroatoms. The van der Waals surface area contributed by atoms with Crippen LogP contribution in [-0.4, -0.2) is 46.9 Å². The number of carbonyl (C=O) groups excluding carboxylic acids is 2. The zero-order valence-electron chi connectivity index (χ0n) is 42.9. The van der Waals surface area contributed by atoms with Crippen molar-refractivity contribution in [2.45, 2.75) is 315 Å². The van der Waals surface area contributed by atoms with Crippen LogP contribution in [0.15, 0.2) is 36.5 Å². The molecule has 3 unspecified atom stereocenters. The highest BCUT2D eigenvalue weighted by atomic mass is 16.5. The second-order valence-electron chi connectivity index (χ2n) is 19.4. The van der Waals surface area contributed by atoms with Crippen LogP contribution in [0.3, 0.4) is 0 Å². The Morgan fingerprint density at radius 2 is 0.844 bits per heavy atom. The maximum absolute atomic E-state index is 13.3. The average molecular weight is 901 g/mol. The second kappa shape index (κ2) is 52.1. The smallest absolute Gasteiger partial charge is 0.306 e. The van der Waals surface area contributed by atoms with Crippen molar-refractivity contribution in [3.8, 4) is 0 Å². The first-order chi connectivity index (χ1) is 31.5. The van der Waals surface area contributed by atoms with Gasteiger partial charge in [0, 0.05) is 6.42 Å². The van der Waals surface area contributed by atoms with E-state index in [2.05, 4.69) is 62.5 Å². The van der Waals surface area contributed by atoms with Crippen molar-refractivity contribution < 1.29 is 24.5 Å². The van der Waals surface area contributed by atoms with Crippen LogP contribution in [0.2, 0.25) is 0 Å². The lowest BCUT2D eigenvalue weighted by atomic mass is 10.0. The number of esters is 1. The van der Waals surface area contributed by atoms with Gasteiger partial charge < -0.3 is 20.3 Å². The van der Waals surface area contributed by atoms with Crippen molar-refractivity contribution >= 4 is 11.9 Å². The summed E-state index contributed by atoms with van der Waals surface area (Å²) in [5, 5.41) is 23.9. The van der Waals surface area contributed by atoms with Crippen LogP contribution in [0.5, 0.6) is 0 Å². The van der Waals surface area contributed by atoms with Crippen LogP contribution in [0.25, 0.3) is 0 Å². The van der Waals surface area contributed by atoms with Gasteiger partial charge in [-0.15, -0.1) is 0 Å². The largest absolute Gasteiger partial charge is 0.462 e. The van der Waals surface area contributed by atoms with Gasteiger partial charge in [0.25, 0.3) is 0 Å². The summed E-state index contributed by atoms with van der Waals surface area (Å²) in [4.78, 5) is 26.2. The average Bonchev–Trinajstić information content (AvgIpc) is 3.29. The molecule has 0 aromatic carbocycles. The SMILES string of the molecule is CC/C=C/C=C/C=C\CCCCCCCC(=O)OC(CCCCCCCCCCCCCCCCCC)CC(=O)NC(CO)C(O)CCCCCCCCCCCCCCCCCC. The highest BCUT2D eigenvalue weighted by Crippen LogP contribution is 2.19. The minimum Gasteiger partial charge on any atom is -0.462 e. The van der Waals surface area contributed by atoms with E-state index in [9.17, 15) is 19.8 Å². The molecule has 0 radical (unpaired) electrons. The Morgan fingerprint density at radius 1 is 0.469 bits per heavy atom. The molecule has 0 aromatic rings. The third-order valence-electron chi connectivity index (χ3n) is 13.0. The lowest BCUT2D eigenvalue weighted by Crippen LogP contribution is -2.46. The van der Waals surface area contributed by atoms with Gasteiger partial charge in [-0.1, -0.05) is 276 Å². The van der Waals surface area contributed by atoms with Gasteiger partial charge in [-0.2, -0.15) is 0 Å². The molecule has 0 spiro atoms. The minimum atomic E-state index is -0.789. The fourth-order valence-electron chi connectivity index (χ4n) is 8.79. The molecule has 1 amide bonds. The quantitative estimate of drug-likeness (QED) is 0.0321.